The molecule has 0 bridgehead atoms. The lowest BCUT2D eigenvalue weighted by atomic mass is 9.90. The van der Waals surface area contributed by atoms with Crippen LogP contribution in [0.25, 0.3) is 0 Å². The molecular weight excluding hydrogens is 404 g/mol. The summed E-state index contributed by atoms with van der Waals surface area (Å²) in [5.74, 6) is 1.29. The van der Waals surface area contributed by atoms with Crippen LogP contribution in [0, 0.1) is 33.1 Å². The zero-order valence-corrected chi connectivity index (χ0v) is 19.8. The Kier molecular flexibility index (Phi) is 7.44. The molecule has 0 aromatic heterocycles. The van der Waals surface area contributed by atoms with Crippen molar-refractivity contribution in [1.29, 1.82) is 0 Å². The van der Waals surface area contributed by atoms with E-state index >= 15 is 0 Å². The van der Waals surface area contributed by atoms with E-state index in [1.54, 1.807) is 0 Å². The summed E-state index contributed by atoms with van der Waals surface area (Å²) in [7, 11) is 0. The number of nitrogens with one attached hydrogen (secondary N) is 1. The van der Waals surface area contributed by atoms with Gasteiger partial charge in [0.2, 0.25) is 0 Å². The molecule has 1 saturated heterocycles. The van der Waals surface area contributed by atoms with Crippen molar-refractivity contribution in [3.63, 3.8) is 0 Å². The number of carbonyl (C=O) groups is 2. The summed E-state index contributed by atoms with van der Waals surface area (Å²) in [6.45, 7) is 11.8. The Labute approximate surface area is 190 Å². The van der Waals surface area contributed by atoms with Gasteiger partial charge in [-0.3, -0.25) is 9.59 Å². The minimum atomic E-state index is -0.163. The number of ether oxygens (including phenoxy) is 2. The number of nitrogens with zero attached hydrogens (tertiary/aromatic N) is 1. The monoisotopic (exact) mass is 438 g/mol. The standard InChI is InChI=1S/C26H34N2O4/c1-18-6-8-20(3)22(12-18)31-14-24(29)27-16-26(5)10-11-28(17-26)25(30)15-32-23-13-19(2)7-9-21(23)4/h6-9,12-13H,10-11,14-17H2,1-5H3,(H,27,29)/t26-/m0/s1. The number of likely N-dealkylation sites (tertiary alicyclic amines) is 1. The Hall–Kier alpha value is -3.02. The van der Waals surface area contributed by atoms with Crippen molar-refractivity contribution in [2.45, 2.75) is 41.0 Å². The normalized spacial score (nSPS) is 17.8. The predicted molar refractivity (Wildman–Crippen MR) is 125 cm³/mol. The molecule has 1 aliphatic rings. The van der Waals surface area contributed by atoms with Crippen LogP contribution in [0.1, 0.15) is 35.6 Å². The molecule has 172 valence electrons. The maximum Gasteiger partial charge on any atom is 0.260 e. The molecule has 1 aliphatic heterocycles. The molecule has 2 amide bonds. The molecule has 32 heavy (non-hydrogen) atoms. The Bertz CT molecular complexity index is 988. The van der Waals surface area contributed by atoms with E-state index in [2.05, 4.69) is 12.2 Å². The van der Waals surface area contributed by atoms with Gasteiger partial charge in [0.15, 0.2) is 13.2 Å². The molecule has 3 rings (SSSR count). The highest BCUT2D eigenvalue weighted by Crippen LogP contribution is 2.29. The molecule has 1 N–H and O–H groups in total. The molecule has 0 saturated carbocycles. The number of benzene rings is 2. The molecule has 2 aromatic rings. The number of carbonyl (C=O) groups excluding carboxylic acids is 2. The summed E-state index contributed by atoms with van der Waals surface area (Å²) in [5.41, 5.74) is 4.05. The Morgan fingerprint density at radius 1 is 0.938 bits per heavy atom. The van der Waals surface area contributed by atoms with Gasteiger partial charge < -0.3 is 19.7 Å². The van der Waals surface area contributed by atoms with Gasteiger partial charge in [0.05, 0.1) is 0 Å². The third kappa shape index (κ3) is 6.25. The molecule has 6 heteroatoms. The van der Waals surface area contributed by atoms with Gasteiger partial charge in [0.1, 0.15) is 11.5 Å². The van der Waals surface area contributed by atoms with Gasteiger partial charge in [-0.2, -0.15) is 0 Å². The number of hydrogen-bond acceptors (Lipinski definition) is 4. The van der Waals surface area contributed by atoms with Crippen LogP contribution in [0.2, 0.25) is 0 Å². The third-order valence-electron chi connectivity index (χ3n) is 6.02. The molecule has 6 nitrogen and oxygen atoms in total. The predicted octanol–water partition coefficient (Wildman–Crippen LogP) is 3.73. The van der Waals surface area contributed by atoms with Crippen LogP contribution >= 0.6 is 0 Å². The van der Waals surface area contributed by atoms with Crippen molar-refractivity contribution in [2.24, 2.45) is 5.41 Å². The molecule has 0 unspecified atom stereocenters. The van der Waals surface area contributed by atoms with E-state index < -0.39 is 0 Å². The van der Waals surface area contributed by atoms with E-state index in [4.69, 9.17) is 9.47 Å². The van der Waals surface area contributed by atoms with Crippen LogP contribution in [-0.4, -0.2) is 49.6 Å². The first-order valence-electron chi connectivity index (χ1n) is 11.1. The number of amides is 2. The highest BCUT2D eigenvalue weighted by Gasteiger charge is 2.36. The van der Waals surface area contributed by atoms with Gasteiger partial charge in [-0.15, -0.1) is 0 Å². The Morgan fingerprint density at radius 3 is 2.09 bits per heavy atom. The number of rotatable bonds is 8. The topological polar surface area (TPSA) is 67.9 Å². The molecule has 0 spiro atoms. The first-order chi connectivity index (χ1) is 15.1. The summed E-state index contributed by atoms with van der Waals surface area (Å²) in [6, 6.07) is 11.9. The second-order valence-corrected chi connectivity index (χ2v) is 9.27. The van der Waals surface area contributed by atoms with E-state index in [1.165, 1.54) is 0 Å². The number of hydrogen-bond donors (Lipinski definition) is 1. The Balaban J connectivity index is 1.44. The SMILES string of the molecule is Cc1ccc(C)c(OCC(=O)NC[C@]2(C)CCN(C(=O)COc3cc(C)ccc3C)C2)c1. The minimum Gasteiger partial charge on any atom is -0.483 e. The van der Waals surface area contributed by atoms with Crippen molar-refractivity contribution >= 4 is 11.8 Å². The highest BCUT2D eigenvalue weighted by molar-refractivity contribution is 5.79. The van der Waals surface area contributed by atoms with E-state index in [1.807, 2.05) is 69.0 Å². The van der Waals surface area contributed by atoms with Crippen LogP contribution in [0.15, 0.2) is 36.4 Å². The molecule has 2 aromatic carbocycles. The first kappa shape index (κ1) is 23.6. The molecule has 1 fully saturated rings. The van der Waals surface area contributed by atoms with Gasteiger partial charge in [-0.05, 0) is 68.5 Å². The zero-order chi connectivity index (χ0) is 23.3. The Morgan fingerprint density at radius 2 is 1.50 bits per heavy atom. The summed E-state index contributed by atoms with van der Waals surface area (Å²) in [6.07, 6.45) is 0.834. The number of aryl methyl sites for hydroxylation is 4. The van der Waals surface area contributed by atoms with Crippen molar-refractivity contribution in [3.8, 4) is 11.5 Å². The fraction of sp³-hybridized carbons (Fsp3) is 0.462. The van der Waals surface area contributed by atoms with E-state index in [-0.39, 0.29) is 30.4 Å². The summed E-state index contributed by atoms with van der Waals surface area (Å²) in [4.78, 5) is 26.8. The average molecular weight is 439 g/mol. The van der Waals surface area contributed by atoms with Crippen molar-refractivity contribution in [1.82, 2.24) is 10.2 Å². The average Bonchev–Trinajstić information content (AvgIpc) is 3.16. The van der Waals surface area contributed by atoms with Gasteiger partial charge in [-0.25, -0.2) is 0 Å². The largest absolute Gasteiger partial charge is 0.483 e. The fourth-order valence-corrected chi connectivity index (χ4v) is 3.84. The van der Waals surface area contributed by atoms with Crippen molar-refractivity contribution in [3.05, 3.63) is 58.7 Å². The summed E-state index contributed by atoms with van der Waals surface area (Å²) < 4.78 is 11.5. The summed E-state index contributed by atoms with van der Waals surface area (Å²) >= 11 is 0. The molecule has 1 atom stereocenters. The van der Waals surface area contributed by atoms with E-state index in [0.717, 1.165) is 40.2 Å². The van der Waals surface area contributed by atoms with Crippen LogP contribution in [0.4, 0.5) is 0 Å². The smallest absolute Gasteiger partial charge is 0.260 e. The van der Waals surface area contributed by atoms with Gasteiger partial charge >= 0.3 is 0 Å². The molecule has 1 heterocycles. The zero-order valence-electron chi connectivity index (χ0n) is 19.8. The lowest BCUT2D eigenvalue weighted by molar-refractivity contribution is -0.132. The van der Waals surface area contributed by atoms with Gasteiger partial charge in [0.25, 0.3) is 11.8 Å². The maximum absolute atomic E-state index is 12.7. The van der Waals surface area contributed by atoms with Crippen LogP contribution in [0.5, 0.6) is 11.5 Å². The van der Waals surface area contributed by atoms with E-state index in [9.17, 15) is 9.59 Å². The molecule has 0 aliphatic carbocycles. The van der Waals surface area contributed by atoms with Crippen LogP contribution in [0.3, 0.4) is 0 Å². The van der Waals surface area contributed by atoms with Gasteiger partial charge in [0, 0.05) is 25.0 Å². The van der Waals surface area contributed by atoms with Crippen molar-refractivity contribution in [2.75, 3.05) is 32.8 Å². The fourth-order valence-electron chi connectivity index (χ4n) is 3.84. The molecular formula is C26H34N2O4. The van der Waals surface area contributed by atoms with Crippen molar-refractivity contribution < 1.29 is 19.1 Å². The van der Waals surface area contributed by atoms with Crippen LogP contribution in [-0.2, 0) is 9.59 Å². The van der Waals surface area contributed by atoms with E-state index in [0.29, 0.717) is 19.6 Å². The quantitative estimate of drug-likeness (QED) is 0.682. The maximum atomic E-state index is 12.7. The third-order valence-corrected chi connectivity index (χ3v) is 6.02. The highest BCUT2D eigenvalue weighted by atomic mass is 16.5. The second-order valence-electron chi connectivity index (χ2n) is 9.27. The lowest BCUT2D eigenvalue weighted by Crippen LogP contribution is -2.41. The molecule has 0 radical (unpaired) electrons. The minimum absolute atomic E-state index is 0.0211. The van der Waals surface area contributed by atoms with Gasteiger partial charge in [-0.1, -0.05) is 31.2 Å². The lowest BCUT2D eigenvalue weighted by Gasteiger charge is -2.25. The van der Waals surface area contributed by atoms with Crippen LogP contribution < -0.4 is 14.8 Å². The first-order valence-corrected chi connectivity index (χ1v) is 11.1. The second kappa shape index (κ2) is 10.1. The summed E-state index contributed by atoms with van der Waals surface area (Å²) in [5, 5.41) is 2.97.